The van der Waals surface area contributed by atoms with Crippen LogP contribution < -0.4 is 0 Å². The number of thioether (sulfide) groups is 1. The van der Waals surface area contributed by atoms with Crippen LogP contribution in [-0.2, 0) is 19.1 Å². The van der Waals surface area contributed by atoms with E-state index in [0.29, 0.717) is 19.6 Å². The lowest BCUT2D eigenvalue weighted by Gasteiger charge is -2.37. The third kappa shape index (κ3) is 5.40. The second-order valence-electron chi connectivity index (χ2n) is 10.6. The van der Waals surface area contributed by atoms with Crippen molar-refractivity contribution in [2.24, 2.45) is 11.8 Å². The minimum Gasteiger partial charge on any atom is -0.461 e. The number of aliphatic hydroxyl groups excluding tert-OH is 1. The molecule has 5 atom stereocenters. The second-order valence-corrected chi connectivity index (χ2v) is 12.5. The molecule has 0 aromatic carbocycles. The highest BCUT2D eigenvalue weighted by atomic mass is 32.2. The molecule has 0 radical (unpaired) electrons. The van der Waals surface area contributed by atoms with E-state index in [1.807, 2.05) is 4.90 Å². The van der Waals surface area contributed by atoms with Gasteiger partial charge in [0.15, 0.2) is 0 Å². The number of hydrogen-bond acceptors (Lipinski definition) is 6. The van der Waals surface area contributed by atoms with E-state index in [1.165, 1.54) is 0 Å². The number of aliphatic hydroxyl groups is 1. The number of hydrogen-bond donors (Lipinski definition) is 1. The number of fused-ring (bicyclic) bond motifs is 1. The first-order chi connectivity index (χ1) is 17.3. The van der Waals surface area contributed by atoms with E-state index < -0.39 is 27.4 Å². The lowest BCUT2D eigenvalue weighted by Crippen LogP contribution is -2.55. The Balaban J connectivity index is 1.94. The van der Waals surface area contributed by atoms with E-state index in [0.717, 1.165) is 57.8 Å². The van der Waals surface area contributed by atoms with Gasteiger partial charge < -0.3 is 19.6 Å². The highest BCUT2D eigenvalue weighted by Crippen LogP contribution is 2.71. The van der Waals surface area contributed by atoms with Crippen LogP contribution in [0.5, 0.6) is 0 Å². The topological polar surface area (TPSA) is 87.1 Å². The Morgan fingerprint density at radius 3 is 2.58 bits per heavy atom. The number of likely N-dealkylation sites (tertiary alicyclic amines) is 1. The predicted octanol–water partition coefficient (Wildman–Crippen LogP) is 3.95. The first-order valence-corrected chi connectivity index (χ1v) is 14.4. The van der Waals surface area contributed by atoms with E-state index in [4.69, 9.17) is 9.84 Å². The number of unbranched alkanes of at least 4 members (excludes halogenated alkanes) is 5. The second kappa shape index (κ2) is 12.6. The van der Waals surface area contributed by atoms with Crippen LogP contribution in [0.15, 0.2) is 25.3 Å². The number of carbonyl (C=O) groups excluding carboxylic acids is 3. The number of esters is 1. The maximum absolute atomic E-state index is 14.2. The summed E-state index contributed by atoms with van der Waals surface area (Å²) >= 11 is 1.68. The van der Waals surface area contributed by atoms with Crippen molar-refractivity contribution in [3.63, 3.8) is 0 Å². The maximum Gasteiger partial charge on any atom is 0.311 e. The van der Waals surface area contributed by atoms with Gasteiger partial charge in [-0.3, -0.25) is 14.4 Å². The number of amides is 2. The minimum atomic E-state index is -0.615. The van der Waals surface area contributed by atoms with Crippen molar-refractivity contribution >= 4 is 29.5 Å². The number of carbonyl (C=O) groups is 3. The summed E-state index contributed by atoms with van der Waals surface area (Å²) in [5.41, 5.74) is 0. The molecular formula is C28H44N2O5S. The van der Waals surface area contributed by atoms with Crippen molar-refractivity contribution in [1.29, 1.82) is 0 Å². The van der Waals surface area contributed by atoms with Crippen molar-refractivity contribution in [2.45, 2.75) is 87.2 Å². The van der Waals surface area contributed by atoms with E-state index in [-0.39, 0.29) is 31.0 Å². The maximum atomic E-state index is 14.2. The minimum absolute atomic E-state index is 0.0194. The Kier molecular flexibility index (Phi) is 10.1. The van der Waals surface area contributed by atoms with E-state index in [2.05, 4.69) is 27.0 Å². The van der Waals surface area contributed by atoms with Crippen LogP contribution in [0.2, 0.25) is 0 Å². The summed E-state index contributed by atoms with van der Waals surface area (Å²) in [6.45, 7) is 13.6. The molecule has 202 valence electrons. The van der Waals surface area contributed by atoms with Gasteiger partial charge in [0.1, 0.15) is 12.6 Å². The van der Waals surface area contributed by atoms with Crippen molar-refractivity contribution < 1.29 is 24.2 Å². The van der Waals surface area contributed by atoms with Crippen LogP contribution >= 0.6 is 11.8 Å². The molecule has 1 N–H and O–H groups in total. The van der Waals surface area contributed by atoms with E-state index >= 15 is 0 Å². The lowest BCUT2D eigenvalue weighted by atomic mass is 9.66. The predicted molar refractivity (Wildman–Crippen MR) is 143 cm³/mol. The molecule has 2 unspecified atom stereocenters. The quantitative estimate of drug-likeness (QED) is 0.188. The van der Waals surface area contributed by atoms with Crippen LogP contribution in [0, 0.1) is 11.8 Å². The van der Waals surface area contributed by atoms with Gasteiger partial charge in [0, 0.05) is 31.0 Å². The molecule has 1 spiro atoms. The summed E-state index contributed by atoms with van der Waals surface area (Å²) in [5, 5.41) is 9.11. The first kappa shape index (κ1) is 28.8. The fourth-order valence-corrected chi connectivity index (χ4v) is 8.79. The summed E-state index contributed by atoms with van der Waals surface area (Å²) in [6.07, 6.45) is 11.1. The van der Waals surface area contributed by atoms with Crippen molar-refractivity contribution in [1.82, 2.24) is 9.80 Å². The summed E-state index contributed by atoms with van der Waals surface area (Å²) in [7, 11) is 0. The van der Waals surface area contributed by atoms with Crippen LogP contribution in [0.1, 0.15) is 71.6 Å². The molecule has 3 heterocycles. The zero-order valence-corrected chi connectivity index (χ0v) is 22.9. The molecule has 3 rings (SSSR count). The first-order valence-electron chi connectivity index (χ1n) is 13.6. The molecule has 0 saturated carbocycles. The molecule has 2 amide bonds. The van der Waals surface area contributed by atoms with Crippen molar-refractivity contribution in [3.05, 3.63) is 25.3 Å². The van der Waals surface area contributed by atoms with E-state index in [1.54, 1.807) is 28.8 Å². The van der Waals surface area contributed by atoms with Crippen LogP contribution in [0.4, 0.5) is 0 Å². The Morgan fingerprint density at radius 2 is 1.92 bits per heavy atom. The molecule has 7 nitrogen and oxygen atoms in total. The van der Waals surface area contributed by atoms with Gasteiger partial charge in [-0.05, 0) is 39.0 Å². The Hall–Kier alpha value is -1.80. The molecule has 3 saturated heterocycles. The molecule has 0 aromatic rings. The molecule has 3 aliphatic rings. The average molecular weight is 521 g/mol. The molecule has 2 bridgehead atoms. The van der Waals surface area contributed by atoms with Gasteiger partial charge in [0.25, 0.3) is 0 Å². The number of rotatable bonds is 16. The third-order valence-corrected chi connectivity index (χ3v) is 10.1. The molecule has 3 fully saturated rings. The SMILES string of the molecule is C=CCOC(=O)[C@@H]1[C@H]2C(=O)N(CCCCCCO)C(C(=O)N(CC=C)CCCCC)C23CC[C@@]1(C)S3. The van der Waals surface area contributed by atoms with Gasteiger partial charge in [-0.15, -0.1) is 18.3 Å². The van der Waals surface area contributed by atoms with Gasteiger partial charge in [0.05, 0.1) is 16.6 Å². The smallest absolute Gasteiger partial charge is 0.311 e. The monoisotopic (exact) mass is 520 g/mol. The fourth-order valence-electron chi connectivity index (χ4n) is 6.45. The highest BCUT2D eigenvalue weighted by Gasteiger charge is 2.77. The van der Waals surface area contributed by atoms with Crippen molar-refractivity contribution in [3.8, 4) is 0 Å². The molecule has 36 heavy (non-hydrogen) atoms. The summed E-state index contributed by atoms with van der Waals surface area (Å²) in [5.74, 6) is -1.57. The van der Waals surface area contributed by atoms with Gasteiger partial charge in [-0.25, -0.2) is 0 Å². The standard InChI is InChI=1S/C28H44N2O5S/c1-5-8-11-17-29(16-6-2)25(33)23-28-15-14-27(4,36-28)22(26(34)35-20-7-3)21(28)24(32)30(23)18-12-9-10-13-19-31/h6-7,21-23,31H,2-3,5,8-20H2,1,4H3/t21-,22-,23?,27+,28?/m0/s1. The molecule has 0 aliphatic carbocycles. The zero-order chi connectivity index (χ0) is 26.3. The Labute approximate surface area is 220 Å². The Morgan fingerprint density at radius 1 is 1.17 bits per heavy atom. The highest BCUT2D eigenvalue weighted by molar-refractivity contribution is 8.02. The van der Waals surface area contributed by atoms with Gasteiger partial charge in [0.2, 0.25) is 11.8 Å². The zero-order valence-electron chi connectivity index (χ0n) is 22.1. The van der Waals surface area contributed by atoms with E-state index in [9.17, 15) is 14.4 Å². The normalized spacial score (nSPS) is 30.4. The van der Waals surface area contributed by atoms with Crippen LogP contribution in [0.25, 0.3) is 0 Å². The largest absolute Gasteiger partial charge is 0.461 e. The molecule has 3 aliphatic heterocycles. The number of nitrogens with zero attached hydrogens (tertiary/aromatic N) is 2. The summed E-state index contributed by atoms with van der Waals surface area (Å²) in [6, 6.07) is -0.585. The molecule has 8 heteroatoms. The van der Waals surface area contributed by atoms with Gasteiger partial charge in [-0.1, -0.05) is 51.3 Å². The molecule has 0 aromatic heterocycles. The van der Waals surface area contributed by atoms with Crippen molar-refractivity contribution in [2.75, 3.05) is 32.8 Å². The Bertz CT molecular complexity index is 835. The average Bonchev–Trinajstić information content (AvgIpc) is 3.42. The lowest BCUT2D eigenvalue weighted by molar-refractivity contribution is -0.154. The fraction of sp³-hybridized carbons (Fsp3) is 0.750. The molecular weight excluding hydrogens is 476 g/mol. The summed E-state index contributed by atoms with van der Waals surface area (Å²) in [4.78, 5) is 45.1. The van der Waals surface area contributed by atoms with Crippen LogP contribution in [0.3, 0.4) is 0 Å². The van der Waals surface area contributed by atoms with Gasteiger partial charge in [-0.2, -0.15) is 0 Å². The number of ether oxygens (including phenoxy) is 1. The summed E-state index contributed by atoms with van der Waals surface area (Å²) < 4.78 is 4.44. The van der Waals surface area contributed by atoms with Gasteiger partial charge >= 0.3 is 5.97 Å². The van der Waals surface area contributed by atoms with Crippen LogP contribution in [-0.4, -0.2) is 81.1 Å². The third-order valence-electron chi connectivity index (χ3n) is 8.11.